The molecule has 0 saturated heterocycles. The number of nitrogens with zero attached hydrogens (tertiary/aromatic N) is 4. The lowest BCUT2D eigenvalue weighted by Gasteiger charge is -2.18. The van der Waals surface area contributed by atoms with Crippen molar-refractivity contribution in [3.63, 3.8) is 0 Å². The molecule has 2 N–H and O–H groups in total. The Labute approximate surface area is 102 Å². The molecule has 0 spiro atoms. The van der Waals surface area contributed by atoms with Crippen LogP contribution >= 0.6 is 0 Å². The number of nitrogens with two attached hydrogens (primary N) is 1. The van der Waals surface area contributed by atoms with Gasteiger partial charge in [-0.15, -0.1) is 0 Å². The van der Waals surface area contributed by atoms with Crippen LogP contribution in [0.15, 0.2) is 12.3 Å². The zero-order valence-corrected chi connectivity index (χ0v) is 10.8. The summed E-state index contributed by atoms with van der Waals surface area (Å²) in [7, 11) is 5.85. The predicted molar refractivity (Wildman–Crippen MR) is 67.4 cm³/mol. The summed E-state index contributed by atoms with van der Waals surface area (Å²) in [6, 6.07) is 1.68. The van der Waals surface area contributed by atoms with E-state index >= 15 is 0 Å². The van der Waals surface area contributed by atoms with E-state index in [9.17, 15) is 4.79 Å². The Morgan fingerprint density at radius 1 is 1.41 bits per heavy atom. The molecule has 1 aromatic rings. The number of carbonyl (C=O) groups is 1. The molecule has 0 unspecified atom stereocenters. The van der Waals surface area contributed by atoms with Gasteiger partial charge in [-0.2, -0.15) is 5.10 Å². The van der Waals surface area contributed by atoms with Crippen LogP contribution in [0.5, 0.6) is 0 Å². The molecule has 0 aliphatic rings. The van der Waals surface area contributed by atoms with Crippen molar-refractivity contribution in [1.82, 2.24) is 19.6 Å². The highest BCUT2D eigenvalue weighted by Gasteiger charge is 2.09. The first-order chi connectivity index (χ1) is 7.99. The fourth-order valence-corrected chi connectivity index (χ4v) is 1.47. The SMILES string of the molecule is CN(C)CCCN(C)C(=O)Cn1ccc(N)n1. The van der Waals surface area contributed by atoms with Gasteiger partial charge in [0, 0.05) is 19.8 Å². The van der Waals surface area contributed by atoms with Crippen LogP contribution in [0.25, 0.3) is 0 Å². The molecule has 1 heterocycles. The molecule has 96 valence electrons. The van der Waals surface area contributed by atoms with Crippen molar-refractivity contribution in [2.75, 3.05) is 40.0 Å². The number of rotatable bonds is 6. The minimum Gasteiger partial charge on any atom is -0.382 e. The van der Waals surface area contributed by atoms with Crippen LogP contribution in [-0.2, 0) is 11.3 Å². The largest absolute Gasteiger partial charge is 0.382 e. The first-order valence-corrected chi connectivity index (χ1v) is 5.66. The first-order valence-electron chi connectivity index (χ1n) is 5.66. The minimum absolute atomic E-state index is 0.0480. The summed E-state index contributed by atoms with van der Waals surface area (Å²) in [6.07, 6.45) is 2.68. The van der Waals surface area contributed by atoms with Gasteiger partial charge in [0.1, 0.15) is 12.4 Å². The van der Waals surface area contributed by atoms with Crippen LogP contribution in [0.1, 0.15) is 6.42 Å². The predicted octanol–water partition coefficient (Wildman–Crippen LogP) is -0.125. The van der Waals surface area contributed by atoms with E-state index < -0.39 is 0 Å². The summed E-state index contributed by atoms with van der Waals surface area (Å²) in [4.78, 5) is 15.6. The number of anilines is 1. The van der Waals surface area contributed by atoms with E-state index in [2.05, 4.69) is 10.00 Å². The third kappa shape index (κ3) is 4.86. The highest BCUT2D eigenvalue weighted by Crippen LogP contribution is 1.98. The molecule has 0 atom stereocenters. The van der Waals surface area contributed by atoms with Crippen molar-refractivity contribution in [2.24, 2.45) is 0 Å². The zero-order valence-electron chi connectivity index (χ0n) is 10.8. The fraction of sp³-hybridized carbons (Fsp3) is 0.636. The summed E-state index contributed by atoms with van der Waals surface area (Å²) in [5, 5.41) is 3.98. The smallest absolute Gasteiger partial charge is 0.244 e. The van der Waals surface area contributed by atoms with E-state index in [1.807, 2.05) is 21.1 Å². The average Bonchev–Trinajstić information content (AvgIpc) is 2.63. The van der Waals surface area contributed by atoms with Crippen LogP contribution in [0.3, 0.4) is 0 Å². The molecule has 1 rings (SSSR count). The molecular weight excluding hydrogens is 218 g/mol. The summed E-state index contributed by atoms with van der Waals surface area (Å²) in [6.45, 7) is 1.98. The highest BCUT2D eigenvalue weighted by molar-refractivity contribution is 5.75. The molecule has 6 heteroatoms. The molecule has 0 fully saturated rings. The van der Waals surface area contributed by atoms with E-state index in [0.29, 0.717) is 5.82 Å². The molecule has 0 aliphatic carbocycles. The van der Waals surface area contributed by atoms with Gasteiger partial charge >= 0.3 is 0 Å². The van der Waals surface area contributed by atoms with Crippen molar-refractivity contribution in [1.29, 1.82) is 0 Å². The maximum atomic E-state index is 11.8. The Morgan fingerprint density at radius 3 is 2.65 bits per heavy atom. The van der Waals surface area contributed by atoms with Crippen molar-refractivity contribution >= 4 is 11.7 Å². The number of aromatic nitrogens is 2. The van der Waals surface area contributed by atoms with Crippen LogP contribution < -0.4 is 5.73 Å². The van der Waals surface area contributed by atoms with Crippen molar-refractivity contribution < 1.29 is 4.79 Å². The van der Waals surface area contributed by atoms with Crippen LogP contribution in [-0.4, -0.2) is 59.7 Å². The number of likely N-dealkylation sites (N-methyl/N-ethyl adjacent to an activating group) is 1. The standard InChI is InChI=1S/C11H21N5O/c1-14(2)6-4-7-15(3)11(17)9-16-8-5-10(12)13-16/h5,8H,4,6-7,9H2,1-3H3,(H2,12,13). The number of hydrogen-bond acceptors (Lipinski definition) is 4. The average molecular weight is 239 g/mol. The van der Waals surface area contributed by atoms with E-state index in [0.717, 1.165) is 19.5 Å². The van der Waals surface area contributed by atoms with Gasteiger partial charge in [-0.05, 0) is 33.1 Å². The lowest BCUT2D eigenvalue weighted by molar-refractivity contribution is -0.130. The third-order valence-electron chi connectivity index (χ3n) is 2.48. The first kappa shape index (κ1) is 13.5. The molecule has 0 saturated carbocycles. The zero-order chi connectivity index (χ0) is 12.8. The normalized spacial score (nSPS) is 10.8. The number of amides is 1. The van der Waals surface area contributed by atoms with Gasteiger partial charge in [-0.3, -0.25) is 9.48 Å². The van der Waals surface area contributed by atoms with Crippen molar-refractivity contribution in [3.05, 3.63) is 12.3 Å². The topological polar surface area (TPSA) is 67.4 Å². The highest BCUT2D eigenvalue weighted by atomic mass is 16.2. The van der Waals surface area contributed by atoms with Crippen LogP contribution in [0, 0.1) is 0 Å². The molecule has 0 bridgehead atoms. The second kappa shape index (κ2) is 6.24. The lowest BCUT2D eigenvalue weighted by Crippen LogP contribution is -2.32. The third-order valence-corrected chi connectivity index (χ3v) is 2.48. The molecule has 6 nitrogen and oxygen atoms in total. The summed E-state index contributed by atoms with van der Waals surface area (Å²) < 4.78 is 1.56. The van der Waals surface area contributed by atoms with Crippen molar-refractivity contribution in [2.45, 2.75) is 13.0 Å². The Hall–Kier alpha value is -1.56. The molecule has 1 aromatic heterocycles. The number of carbonyl (C=O) groups excluding carboxylic acids is 1. The maximum Gasteiger partial charge on any atom is 0.244 e. The second-order valence-corrected chi connectivity index (χ2v) is 4.41. The van der Waals surface area contributed by atoms with Gasteiger partial charge in [0.05, 0.1) is 0 Å². The number of nitrogen functional groups attached to an aromatic ring is 1. The molecule has 0 aromatic carbocycles. The Morgan fingerprint density at radius 2 is 2.12 bits per heavy atom. The van der Waals surface area contributed by atoms with E-state index in [1.54, 1.807) is 21.8 Å². The molecule has 0 radical (unpaired) electrons. The Balaban J connectivity index is 2.32. The van der Waals surface area contributed by atoms with Gasteiger partial charge in [0.15, 0.2) is 0 Å². The molecule has 1 amide bonds. The van der Waals surface area contributed by atoms with Gasteiger partial charge in [-0.1, -0.05) is 0 Å². The van der Waals surface area contributed by atoms with Crippen LogP contribution in [0.2, 0.25) is 0 Å². The fourth-order valence-electron chi connectivity index (χ4n) is 1.47. The minimum atomic E-state index is 0.0480. The molecular formula is C11H21N5O. The maximum absolute atomic E-state index is 11.8. The summed E-state index contributed by atoms with van der Waals surface area (Å²) >= 11 is 0. The Bertz CT molecular complexity index is 360. The van der Waals surface area contributed by atoms with Gasteiger partial charge in [0.2, 0.25) is 5.91 Å². The molecule has 0 aliphatic heterocycles. The van der Waals surface area contributed by atoms with Crippen LogP contribution in [0.4, 0.5) is 5.82 Å². The van der Waals surface area contributed by atoms with Gasteiger partial charge in [-0.25, -0.2) is 0 Å². The quantitative estimate of drug-likeness (QED) is 0.751. The summed E-state index contributed by atoms with van der Waals surface area (Å²) in [5.41, 5.74) is 5.48. The van der Waals surface area contributed by atoms with E-state index in [-0.39, 0.29) is 12.5 Å². The monoisotopic (exact) mass is 239 g/mol. The lowest BCUT2D eigenvalue weighted by atomic mass is 10.3. The second-order valence-electron chi connectivity index (χ2n) is 4.41. The summed E-state index contributed by atoms with van der Waals surface area (Å²) in [5.74, 6) is 0.486. The Kier molecular flexibility index (Phi) is 4.96. The van der Waals surface area contributed by atoms with Gasteiger partial charge < -0.3 is 15.5 Å². The van der Waals surface area contributed by atoms with Crippen molar-refractivity contribution in [3.8, 4) is 0 Å². The molecule has 17 heavy (non-hydrogen) atoms. The van der Waals surface area contributed by atoms with E-state index in [1.165, 1.54) is 0 Å². The van der Waals surface area contributed by atoms with E-state index in [4.69, 9.17) is 5.73 Å². The van der Waals surface area contributed by atoms with Gasteiger partial charge in [0.25, 0.3) is 0 Å². The number of hydrogen-bond donors (Lipinski definition) is 1.